The second-order valence-corrected chi connectivity index (χ2v) is 12.6. The quantitative estimate of drug-likeness (QED) is 0.447. The van der Waals surface area contributed by atoms with E-state index in [0.29, 0.717) is 23.4 Å². The van der Waals surface area contributed by atoms with E-state index in [2.05, 4.69) is 21.2 Å². The molecule has 0 aliphatic carbocycles. The Balaban J connectivity index is 1.58. The number of para-hydroxylation sites is 1. The fraction of sp³-hybridized carbons (Fsp3) is 0.250. The number of carbonyl (C=O) groups is 2. The van der Waals surface area contributed by atoms with Gasteiger partial charge in [0.2, 0.25) is 15.9 Å². The molecule has 0 radical (unpaired) electrons. The minimum Gasteiger partial charge on any atom is -0.351 e. The number of amides is 2. The van der Waals surface area contributed by atoms with Gasteiger partial charge in [0.25, 0.3) is 5.91 Å². The van der Waals surface area contributed by atoms with Gasteiger partial charge in [-0.25, -0.2) is 8.42 Å². The maximum atomic E-state index is 13.6. The molecule has 1 N–H and O–H groups in total. The number of halogens is 2. The maximum absolute atomic E-state index is 13.6. The molecule has 0 bridgehead atoms. The Morgan fingerprint density at radius 2 is 1.89 bits per heavy atom. The van der Waals surface area contributed by atoms with Crippen LogP contribution in [0.15, 0.2) is 63.3 Å². The second kappa shape index (κ2) is 10.4. The van der Waals surface area contributed by atoms with Crippen molar-refractivity contribution in [3.05, 3.63) is 79.4 Å². The molecule has 2 amide bonds. The van der Waals surface area contributed by atoms with Crippen LogP contribution in [0.3, 0.4) is 0 Å². The lowest BCUT2D eigenvalue weighted by molar-refractivity contribution is -0.119. The number of thiophene rings is 1. The molecular formula is C24H23BrClN3O4S2. The average molecular weight is 597 g/mol. The van der Waals surface area contributed by atoms with Crippen molar-refractivity contribution in [1.82, 2.24) is 9.62 Å². The van der Waals surface area contributed by atoms with Gasteiger partial charge in [-0.15, -0.1) is 11.3 Å². The zero-order valence-electron chi connectivity index (χ0n) is 19.0. The first kappa shape index (κ1) is 25.8. The lowest BCUT2D eigenvalue weighted by Gasteiger charge is -2.34. The molecule has 11 heteroatoms. The van der Waals surface area contributed by atoms with E-state index in [-0.39, 0.29) is 34.3 Å². The van der Waals surface area contributed by atoms with Crippen molar-refractivity contribution >= 4 is 66.4 Å². The summed E-state index contributed by atoms with van der Waals surface area (Å²) in [6.07, 6.45) is 0.626. The zero-order valence-corrected chi connectivity index (χ0v) is 23.0. The molecule has 1 aliphatic heterocycles. The van der Waals surface area contributed by atoms with Gasteiger partial charge in [0.1, 0.15) is 0 Å². The molecule has 1 unspecified atom stereocenters. The predicted octanol–water partition coefficient (Wildman–Crippen LogP) is 4.69. The lowest BCUT2D eigenvalue weighted by Crippen LogP contribution is -2.49. The summed E-state index contributed by atoms with van der Waals surface area (Å²) in [7, 11) is -2.26. The number of nitrogens with one attached hydrogen (secondary N) is 1. The highest BCUT2D eigenvalue weighted by Crippen LogP contribution is 2.34. The van der Waals surface area contributed by atoms with Gasteiger partial charge in [0, 0.05) is 47.5 Å². The highest BCUT2D eigenvalue weighted by Gasteiger charge is 2.32. The second-order valence-electron chi connectivity index (χ2n) is 8.25. The largest absolute Gasteiger partial charge is 0.351 e. The standard InChI is InChI=1S/C24H23BrClN3O4S2/c1-15(30)27-18-11-16-5-3-4-6-21(16)29(12-18)24(31)20-14-34-22(23(20)26)13-28(2)35(32,33)19-9-7-17(25)8-10-19/h3-10,14,18H,11-13H2,1-2H3,(H,27,30). The van der Waals surface area contributed by atoms with Crippen LogP contribution in [0.5, 0.6) is 0 Å². The van der Waals surface area contributed by atoms with Crippen LogP contribution in [-0.4, -0.2) is 44.2 Å². The summed E-state index contributed by atoms with van der Waals surface area (Å²) in [4.78, 5) is 27.6. The van der Waals surface area contributed by atoms with Gasteiger partial charge in [-0.3, -0.25) is 9.59 Å². The normalized spacial score (nSPS) is 15.7. The van der Waals surface area contributed by atoms with Crippen molar-refractivity contribution in [3.63, 3.8) is 0 Å². The van der Waals surface area contributed by atoms with Gasteiger partial charge in [-0.1, -0.05) is 45.7 Å². The van der Waals surface area contributed by atoms with Crippen molar-refractivity contribution in [1.29, 1.82) is 0 Å². The van der Waals surface area contributed by atoms with E-state index in [1.54, 1.807) is 22.4 Å². The molecule has 0 spiro atoms. The Morgan fingerprint density at radius 1 is 1.20 bits per heavy atom. The highest BCUT2D eigenvalue weighted by atomic mass is 79.9. The van der Waals surface area contributed by atoms with Gasteiger partial charge in [-0.2, -0.15) is 4.31 Å². The molecule has 1 atom stereocenters. The first-order chi connectivity index (χ1) is 16.6. The van der Waals surface area contributed by atoms with Crippen molar-refractivity contribution in [3.8, 4) is 0 Å². The smallest absolute Gasteiger partial charge is 0.260 e. The third-order valence-corrected chi connectivity index (χ3v) is 9.58. The Hall–Kier alpha value is -2.24. The summed E-state index contributed by atoms with van der Waals surface area (Å²) >= 11 is 11.2. The number of rotatable bonds is 6. The van der Waals surface area contributed by atoms with E-state index in [9.17, 15) is 18.0 Å². The monoisotopic (exact) mass is 595 g/mol. The van der Waals surface area contributed by atoms with E-state index in [1.807, 2.05) is 24.3 Å². The number of hydrogen-bond donors (Lipinski definition) is 1. The third kappa shape index (κ3) is 5.46. The summed E-state index contributed by atoms with van der Waals surface area (Å²) in [5.74, 6) is -0.453. The molecule has 7 nitrogen and oxygen atoms in total. The minimum absolute atomic E-state index is 0.0281. The molecule has 0 saturated heterocycles. The van der Waals surface area contributed by atoms with E-state index in [1.165, 1.54) is 41.7 Å². The van der Waals surface area contributed by atoms with Crippen LogP contribution in [0.4, 0.5) is 5.69 Å². The Labute approximate surface area is 221 Å². The van der Waals surface area contributed by atoms with Crippen LogP contribution >= 0.6 is 38.9 Å². The first-order valence-corrected chi connectivity index (χ1v) is 14.2. The van der Waals surface area contributed by atoms with Crippen molar-refractivity contribution in [2.24, 2.45) is 0 Å². The molecule has 35 heavy (non-hydrogen) atoms. The average Bonchev–Trinajstić information content (AvgIpc) is 3.17. The van der Waals surface area contributed by atoms with Crippen LogP contribution < -0.4 is 10.2 Å². The van der Waals surface area contributed by atoms with Crippen LogP contribution in [0, 0.1) is 0 Å². The van der Waals surface area contributed by atoms with Gasteiger partial charge < -0.3 is 10.2 Å². The fourth-order valence-corrected chi connectivity index (χ4v) is 6.86. The molecule has 184 valence electrons. The van der Waals surface area contributed by atoms with E-state index in [0.717, 1.165) is 15.7 Å². The zero-order chi connectivity index (χ0) is 25.3. The lowest BCUT2D eigenvalue weighted by atomic mass is 9.97. The molecule has 1 aliphatic rings. The summed E-state index contributed by atoms with van der Waals surface area (Å²) in [6, 6.07) is 13.7. The van der Waals surface area contributed by atoms with Crippen molar-refractivity contribution in [2.75, 3.05) is 18.5 Å². The Bertz CT molecular complexity index is 1380. The number of fused-ring (bicyclic) bond motifs is 1. The number of anilines is 1. The summed E-state index contributed by atoms with van der Waals surface area (Å²) < 4.78 is 27.9. The van der Waals surface area contributed by atoms with E-state index < -0.39 is 10.0 Å². The number of benzene rings is 2. The molecule has 3 aromatic rings. The van der Waals surface area contributed by atoms with Crippen LogP contribution in [-0.2, 0) is 27.8 Å². The highest BCUT2D eigenvalue weighted by molar-refractivity contribution is 9.10. The number of nitrogens with zero attached hydrogens (tertiary/aromatic N) is 2. The fourth-order valence-electron chi connectivity index (χ4n) is 4.03. The summed E-state index contributed by atoms with van der Waals surface area (Å²) in [5, 5.41) is 4.79. The van der Waals surface area contributed by atoms with Crippen molar-refractivity contribution < 1.29 is 18.0 Å². The molecular weight excluding hydrogens is 574 g/mol. The summed E-state index contributed by atoms with van der Waals surface area (Å²) in [6.45, 7) is 1.79. The molecule has 1 aromatic heterocycles. The summed E-state index contributed by atoms with van der Waals surface area (Å²) in [5.41, 5.74) is 2.04. The number of sulfonamides is 1. The first-order valence-electron chi connectivity index (χ1n) is 10.7. The SMILES string of the molecule is CC(=O)NC1Cc2ccccc2N(C(=O)c2csc(CN(C)S(=O)(=O)c3ccc(Br)cc3)c2Cl)C1. The minimum atomic E-state index is -3.74. The molecule has 2 heterocycles. The maximum Gasteiger partial charge on any atom is 0.260 e. The Kier molecular flexibility index (Phi) is 7.68. The molecule has 4 rings (SSSR count). The van der Waals surface area contributed by atoms with E-state index in [4.69, 9.17) is 11.6 Å². The van der Waals surface area contributed by atoms with E-state index >= 15 is 0 Å². The molecule has 0 saturated carbocycles. The van der Waals surface area contributed by atoms with Crippen LogP contribution in [0.2, 0.25) is 5.02 Å². The van der Waals surface area contributed by atoms with Gasteiger partial charge in [0.15, 0.2) is 0 Å². The van der Waals surface area contributed by atoms with Gasteiger partial charge >= 0.3 is 0 Å². The number of carbonyl (C=O) groups excluding carboxylic acids is 2. The molecule has 0 fully saturated rings. The Morgan fingerprint density at radius 3 is 2.57 bits per heavy atom. The van der Waals surface area contributed by atoms with Gasteiger partial charge in [0.05, 0.1) is 21.5 Å². The van der Waals surface area contributed by atoms with Gasteiger partial charge in [-0.05, 0) is 42.3 Å². The topological polar surface area (TPSA) is 86.8 Å². The van der Waals surface area contributed by atoms with Crippen LogP contribution in [0.25, 0.3) is 0 Å². The van der Waals surface area contributed by atoms with Crippen LogP contribution in [0.1, 0.15) is 27.7 Å². The van der Waals surface area contributed by atoms with Crippen molar-refractivity contribution in [2.45, 2.75) is 30.8 Å². The molecule has 2 aromatic carbocycles. The predicted molar refractivity (Wildman–Crippen MR) is 142 cm³/mol. The number of hydrogen-bond acceptors (Lipinski definition) is 5. The third-order valence-electron chi connectivity index (χ3n) is 5.72.